The van der Waals surface area contributed by atoms with Gasteiger partial charge in [-0.15, -0.1) is 24.0 Å². The first-order chi connectivity index (χ1) is 11.1. The molecule has 1 aromatic rings. The Bertz CT molecular complexity index is 535. The van der Waals surface area contributed by atoms with Gasteiger partial charge in [0, 0.05) is 39.1 Å². The minimum Gasteiger partial charge on any atom is -0.469 e. The van der Waals surface area contributed by atoms with Gasteiger partial charge in [-0.1, -0.05) is 13.8 Å². The van der Waals surface area contributed by atoms with E-state index in [4.69, 9.17) is 4.74 Å². The average molecular weight is 449 g/mol. The van der Waals surface area contributed by atoms with E-state index in [1.165, 1.54) is 7.11 Å². The molecule has 1 aliphatic rings. The van der Waals surface area contributed by atoms with Crippen LogP contribution in [0.25, 0.3) is 0 Å². The van der Waals surface area contributed by atoms with Crippen LogP contribution in [0.4, 0.5) is 0 Å². The second-order valence-electron chi connectivity index (χ2n) is 6.14. The van der Waals surface area contributed by atoms with Crippen molar-refractivity contribution in [3.8, 4) is 0 Å². The van der Waals surface area contributed by atoms with Crippen molar-refractivity contribution in [2.24, 2.45) is 16.8 Å². The van der Waals surface area contributed by atoms with Crippen molar-refractivity contribution in [1.82, 2.24) is 19.8 Å². The molecule has 0 radical (unpaired) electrons. The highest BCUT2D eigenvalue weighted by molar-refractivity contribution is 14.0. The number of carbonyl (C=O) groups excluding carboxylic acids is 1. The van der Waals surface area contributed by atoms with Crippen LogP contribution in [-0.2, 0) is 9.53 Å². The normalized spacial score (nSPS) is 22.5. The zero-order valence-electron chi connectivity index (χ0n) is 14.8. The highest BCUT2D eigenvalue weighted by atomic mass is 127. The highest BCUT2D eigenvalue weighted by Gasteiger charge is 2.29. The Morgan fingerprint density at radius 3 is 2.88 bits per heavy atom. The first-order valence-electron chi connectivity index (χ1n) is 8.07. The molecule has 1 saturated heterocycles. The Hall–Kier alpha value is -1.32. The number of hydrogen-bond acceptors (Lipinski definition) is 4. The molecule has 2 rings (SSSR count). The van der Waals surface area contributed by atoms with Crippen LogP contribution in [0.5, 0.6) is 0 Å². The van der Waals surface area contributed by atoms with Crippen LogP contribution in [0.3, 0.4) is 0 Å². The van der Waals surface area contributed by atoms with Gasteiger partial charge in [-0.3, -0.25) is 9.79 Å². The summed E-state index contributed by atoms with van der Waals surface area (Å²) < 4.78 is 6.93. The molecule has 0 aromatic carbocycles. The summed E-state index contributed by atoms with van der Waals surface area (Å²) in [5.41, 5.74) is 0. The Balaban J connectivity index is 0.00000288. The maximum absolute atomic E-state index is 11.5. The smallest absolute Gasteiger partial charge is 0.310 e. The molecule has 24 heavy (non-hydrogen) atoms. The minimum atomic E-state index is -0.212. The number of nitrogens with one attached hydrogen (secondary N) is 1. The van der Waals surface area contributed by atoms with Gasteiger partial charge in [0.1, 0.15) is 0 Å². The van der Waals surface area contributed by atoms with Crippen LogP contribution in [0.2, 0.25) is 0 Å². The molecule has 1 aromatic heterocycles. The number of halogens is 1. The van der Waals surface area contributed by atoms with Gasteiger partial charge in [0.15, 0.2) is 5.96 Å². The van der Waals surface area contributed by atoms with E-state index >= 15 is 0 Å². The van der Waals surface area contributed by atoms with E-state index in [9.17, 15) is 4.79 Å². The van der Waals surface area contributed by atoms with E-state index in [0.29, 0.717) is 18.5 Å². The largest absolute Gasteiger partial charge is 0.469 e. The Morgan fingerprint density at radius 2 is 2.29 bits per heavy atom. The number of carbonyl (C=O) groups is 1. The highest BCUT2D eigenvalue weighted by Crippen LogP contribution is 2.27. The number of likely N-dealkylation sites (tertiary alicyclic amines) is 1. The van der Waals surface area contributed by atoms with Crippen LogP contribution in [-0.4, -0.2) is 60.2 Å². The molecule has 0 spiro atoms. The van der Waals surface area contributed by atoms with E-state index in [-0.39, 0.29) is 35.9 Å². The summed E-state index contributed by atoms with van der Waals surface area (Å²) >= 11 is 0. The van der Waals surface area contributed by atoms with E-state index in [0.717, 1.165) is 25.5 Å². The second-order valence-corrected chi connectivity index (χ2v) is 6.14. The number of aromatic nitrogens is 2. The molecule has 0 amide bonds. The van der Waals surface area contributed by atoms with E-state index in [1.807, 2.05) is 25.6 Å². The van der Waals surface area contributed by atoms with Crippen molar-refractivity contribution >= 4 is 35.9 Å². The molecule has 0 aliphatic carbocycles. The van der Waals surface area contributed by atoms with Gasteiger partial charge < -0.3 is 19.5 Å². The summed E-state index contributed by atoms with van der Waals surface area (Å²) in [4.78, 5) is 22.3. The minimum absolute atomic E-state index is 0. The zero-order valence-corrected chi connectivity index (χ0v) is 17.1. The number of piperidine rings is 1. The average Bonchev–Trinajstić information content (AvgIpc) is 3.09. The number of esters is 1. The molecule has 3 atom stereocenters. The third kappa shape index (κ3) is 5.09. The molecule has 3 unspecified atom stereocenters. The lowest BCUT2D eigenvalue weighted by atomic mass is 9.93. The maximum Gasteiger partial charge on any atom is 0.310 e. The molecule has 0 bridgehead atoms. The molecule has 2 heterocycles. The summed E-state index contributed by atoms with van der Waals surface area (Å²) in [5.74, 6) is 1.01. The van der Waals surface area contributed by atoms with E-state index < -0.39 is 0 Å². The van der Waals surface area contributed by atoms with Crippen LogP contribution < -0.4 is 5.32 Å². The fourth-order valence-electron chi connectivity index (χ4n) is 2.96. The summed E-state index contributed by atoms with van der Waals surface area (Å²) in [7, 11) is 3.19. The lowest BCUT2D eigenvalue weighted by Gasteiger charge is -2.39. The molecular weight excluding hydrogens is 421 g/mol. The molecule has 0 saturated carbocycles. The lowest BCUT2D eigenvalue weighted by Crippen LogP contribution is -2.50. The molecule has 136 valence electrons. The number of imidazole rings is 1. The fraction of sp³-hybridized carbons (Fsp3) is 0.688. The first kappa shape index (κ1) is 20.7. The standard InChI is InChI=1S/C16H27N5O2.HI/c1-12-5-7-20(10-14(12)21-8-6-18-11-21)16(17-3)19-9-13(2)15(22)23-4;/h6,8,11-14H,5,7,9-10H2,1-4H3,(H,17,19);1H. The van der Waals surface area contributed by atoms with Crippen LogP contribution >= 0.6 is 24.0 Å². The number of rotatable bonds is 4. The number of aliphatic imine (C=N–C) groups is 1. The third-order valence-electron chi connectivity index (χ3n) is 4.51. The molecule has 7 nitrogen and oxygen atoms in total. The van der Waals surface area contributed by atoms with Crippen molar-refractivity contribution in [3.63, 3.8) is 0 Å². The zero-order chi connectivity index (χ0) is 16.8. The Labute approximate surface area is 160 Å². The van der Waals surface area contributed by atoms with Gasteiger partial charge in [-0.25, -0.2) is 4.98 Å². The van der Waals surface area contributed by atoms with Crippen molar-refractivity contribution in [3.05, 3.63) is 18.7 Å². The van der Waals surface area contributed by atoms with Gasteiger partial charge in [0.05, 0.1) is 25.4 Å². The first-order valence-corrected chi connectivity index (χ1v) is 8.07. The predicted octanol–water partition coefficient (Wildman–Crippen LogP) is 1.77. The van der Waals surface area contributed by atoms with Gasteiger partial charge in [0.25, 0.3) is 0 Å². The SMILES string of the molecule is CN=C(NCC(C)C(=O)OC)N1CCC(C)C(n2ccnc2)C1.I. The number of ether oxygens (including phenoxy) is 1. The van der Waals surface area contributed by atoms with E-state index in [2.05, 4.69) is 31.7 Å². The topological polar surface area (TPSA) is 71.8 Å². The quantitative estimate of drug-likeness (QED) is 0.329. The summed E-state index contributed by atoms with van der Waals surface area (Å²) in [6.07, 6.45) is 6.80. The predicted molar refractivity (Wildman–Crippen MR) is 105 cm³/mol. The van der Waals surface area contributed by atoms with Gasteiger partial charge in [-0.05, 0) is 12.3 Å². The summed E-state index contributed by atoms with van der Waals surface area (Å²) in [5, 5.41) is 3.29. The van der Waals surface area contributed by atoms with Gasteiger partial charge in [0.2, 0.25) is 0 Å². The number of hydrogen-bond donors (Lipinski definition) is 1. The van der Waals surface area contributed by atoms with Gasteiger partial charge in [-0.2, -0.15) is 0 Å². The number of guanidine groups is 1. The van der Waals surface area contributed by atoms with Gasteiger partial charge >= 0.3 is 5.97 Å². The Kier molecular flexibility index (Phi) is 8.51. The molecule has 1 aliphatic heterocycles. The fourth-order valence-corrected chi connectivity index (χ4v) is 2.96. The second kappa shape index (κ2) is 9.85. The monoisotopic (exact) mass is 449 g/mol. The maximum atomic E-state index is 11.5. The van der Waals surface area contributed by atoms with Crippen molar-refractivity contribution in [2.45, 2.75) is 26.3 Å². The lowest BCUT2D eigenvalue weighted by molar-refractivity contribution is -0.144. The van der Waals surface area contributed by atoms with Crippen molar-refractivity contribution in [1.29, 1.82) is 0 Å². The Morgan fingerprint density at radius 1 is 1.54 bits per heavy atom. The van der Waals surface area contributed by atoms with Crippen molar-refractivity contribution in [2.75, 3.05) is 33.8 Å². The molecule has 8 heteroatoms. The summed E-state index contributed by atoms with van der Waals surface area (Å²) in [6, 6.07) is 0.378. The van der Waals surface area contributed by atoms with E-state index in [1.54, 1.807) is 7.05 Å². The van der Waals surface area contributed by atoms with Crippen LogP contribution in [0, 0.1) is 11.8 Å². The van der Waals surface area contributed by atoms with Crippen LogP contribution in [0.15, 0.2) is 23.7 Å². The number of nitrogens with zero attached hydrogens (tertiary/aromatic N) is 4. The van der Waals surface area contributed by atoms with Crippen LogP contribution in [0.1, 0.15) is 26.3 Å². The third-order valence-corrected chi connectivity index (χ3v) is 4.51. The summed E-state index contributed by atoms with van der Waals surface area (Å²) in [6.45, 7) is 6.47. The molecule has 1 fully saturated rings. The molecule has 1 N–H and O–H groups in total. The molecular formula is C16H28IN5O2. The number of methoxy groups -OCH3 is 1. The van der Waals surface area contributed by atoms with Crippen molar-refractivity contribution < 1.29 is 9.53 Å².